The number of rotatable bonds is 7. The molecule has 12 rings (SSSR count). The molecule has 0 fully saturated rings. The molecule has 1 heterocycles. The van der Waals surface area contributed by atoms with E-state index in [1.54, 1.807) is 0 Å². The summed E-state index contributed by atoms with van der Waals surface area (Å²) < 4.78 is 2.37. The van der Waals surface area contributed by atoms with E-state index < -0.39 is 0 Å². The standard InChI is InChI=1S/C61H42N2/c1-41-26-39-56-57(40-41)60(54-21-7-8-22-55(54)61(56)53-23-13-15-44-14-5-6-18-50(44)53)45-29-27-42(28-30-45)43-31-33-47(34-32-43)62(46-16-3-2-4-17-46)48-35-37-49(38-36-48)63-58-24-11-9-19-51(58)52-20-10-12-25-59(52)63/h2-40H,1H3. The molecule has 2 heteroatoms. The van der Waals surface area contributed by atoms with Crippen molar-refractivity contribution in [1.82, 2.24) is 4.57 Å². The van der Waals surface area contributed by atoms with Gasteiger partial charge in [0.1, 0.15) is 0 Å². The maximum atomic E-state index is 2.37. The summed E-state index contributed by atoms with van der Waals surface area (Å²) in [5, 5.41) is 10.1. The highest BCUT2D eigenvalue weighted by Crippen LogP contribution is 2.46. The number of para-hydroxylation sites is 3. The van der Waals surface area contributed by atoms with Crippen LogP contribution in [0.15, 0.2) is 237 Å². The minimum Gasteiger partial charge on any atom is -0.311 e. The Morgan fingerprint density at radius 2 is 0.794 bits per heavy atom. The minimum atomic E-state index is 1.10. The first-order valence-corrected chi connectivity index (χ1v) is 21.8. The summed E-state index contributed by atoms with van der Waals surface area (Å²) in [4.78, 5) is 2.34. The van der Waals surface area contributed by atoms with Crippen LogP contribution in [0.25, 0.3) is 93.2 Å². The molecular weight excluding hydrogens is 761 g/mol. The number of hydrogen-bond donors (Lipinski definition) is 0. The van der Waals surface area contributed by atoms with Gasteiger partial charge in [0.25, 0.3) is 0 Å². The molecule has 0 bridgehead atoms. The second-order valence-corrected chi connectivity index (χ2v) is 16.6. The molecule has 0 saturated carbocycles. The number of nitrogens with zero attached hydrogens (tertiary/aromatic N) is 2. The van der Waals surface area contributed by atoms with E-state index in [1.807, 2.05) is 0 Å². The van der Waals surface area contributed by atoms with Crippen LogP contribution in [0.4, 0.5) is 17.1 Å². The van der Waals surface area contributed by atoms with E-state index in [0.717, 1.165) is 22.7 Å². The van der Waals surface area contributed by atoms with E-state index in [1.165, 1.54) is 93.1 Å². The van der Waals surface area contributed by atoms with E-state index in [2.05, 4.69) is 253 Å². The summed E-state index contributed by atoms with van der Waals surface area (Å²) in [6.07, 6.45) is 0. The second kappa shape index (κ2) is 15.1. The van der Waals surface area contributed by atoms with Gasteiger partial charge in [0, 0.05) is 33.5 Å². The zero-order valence-electron chi connectivity index (χ0n) is 34.9. The lowest BCUT2D eigenvalue weighted by Gasteiger charge is -2.26. The maximum absolute atomic E-state index is 2.37. The van der Waals surface area contributed by atoms with Crippen LogP contribution in [0.5, 0.6) is 0 Å². The van der Waals surface area contributed by atoms with E-state index >= 15 is 0 Å². The molecule has 0 atom stereocenters. The topological polar surface area (TPSA) is 8.17 Å². The highest BCUT2D eigenvalue weighted by atomic mass is 15.1. The van der Waals surface area contributed by atoms with Gasteiger partial charge in [-0.3, -0.25) is 0 Å². The highest BCUT2D eigenvalue weighted by molar-refractivity contribution is 6.23. The van der Waals surface area contributed by atoms with Crippen LogP contribution in [0.1, 0.15) is 5.56 Å². The average molecular weight is 803 g/mol. The molecular formula is C61H42N2. The molecule has 0 spiro atoms. The molecule has 0 N–H and O–H groups in total. The number of hydrogen-bond acceptors (Lipinski definition) is 1. The van der Waals surface area contributed by atoms with Crippen molar-refractivity contribution in [2.24, 2.45) is 0 Å². The zero-order valence-corrected chi connectivity index (χ0v) is 34.9. The molecule has 0 aliphatic carbocycles. The first-order valence-electron chi connectivity index (χ1n) is 21.8. The molecule has 296 valence electrons. The van der Waals surface area contributed by atoms with Crippen molar-refractivity contribution in [1.29, 1.82) is 0 Å². The van der Waals surface area contributed by atoms with Crippen LogP contribution in [-0.4, -0.2) is 4.57 Å². The molecule has 1 aromatic heterocycles. The summed E-state index contributed by atoms with van der Waals surface area (Å²) >= 11 is 0. The van der Waals surface area contributed by atoms with Gasteiger partial charge in [-0.1, -0.05) is 181 Å². The van der Waals surface area contributed by atoms with Gasteiger partial charge in [0.15, 0.2) is 0 Å². The Morgan fingerprint density at radius 1 is 0.317 bits per heavy atom. The van der Waals surface area contributed by atoms with Crippen molar-refractivity contribution in [3.63, 3.8) is 0 Å². The summed E-state index contributed by atoms with van der Waals surface area (Å²) in [7, 11) is 0. The molecule has 0 aliphatic heterocycles. The zero-order chi connectivity index (χ0) is 41.9. The first-order chi connectivity index (χ1) is 31.2. The van der Waals surface area contributed by atoms with Crippen LogP contribution >= 0.6 is 0 Å². The fraction of sp³-hybridized carbons (Fsp3) is 0.0164. The molecule has 0 radical (unpaired) electrons. The smallest absolute Gasteiger partial charge is 0.0541 e. The van der Waals surface area contributed by atoms with Crippen molar-refractivity contribution in [2.45, 2.75) is 6.92 Å². The normalized spacial score (nSPS) is 11.6. The third kappa shape index (κ3) is 6.18. The minimum absolute atomic E-state index is 1.10. The van der Waals surface area contributed by atoms with Gasteiger partial charge >= 0.3 is 0 Å². The molecule has 2 nitrogen and oxygen atoms in total. The summed E-state index contributed by atoms with van der Waals surface area (Å²) in [6, 6.07) is 86.4. The third-order valence-corrected chi connectivity index (χ3v) is 12.8. The Kier molecular flexibility index (Phi) is 8.76. The van der Waals surface area contributed by atoms with Gasteiger partial charge < -0.3 is 9.47 Å². The molecule has 12 aromatic rings. The van der Waals surface area contributed by atoms with E-state index in [-0.39, 0.29) is 0 Å². The Balaban J connectivity index is 0.908. The van der Waals surface area contributed by atoms with Gasteiger partial charge in [0.05, 0.1) is 11.0 Å². The van der Waals surface area contributed by atoms with Gasteiger partial charge in [-0.2, -0.15) is 0 Å². The third-order valence-electron chi connectivity index (χ3n) is 12.8. The molecule has 0 aliphatic rings. The predicted molar refractivity (Wildman–Crippen MR) is 269 cm³/mol. The Labute approximate surface area is 367 Å². The maximum Gasteiger partial charge on any atom is 0.0541 e. The van der Waals surface area contributed by atoms with Crippen molar-refractivity contribution in [3.8, 4) is 39.1 Å². The monoisotopic (exact) mass is 802 g/mol. The number of fused-ring (bicyclic) bond motifs is 6. The highest BCUT2D eigenvalue weighted by Gasteiger charge is 2.19. The fourth-order valence-corrected chi connectivity index (χ4v) is 9.94. The molecule has 0 unspecified atom stereocenters. The Bertz CT molecular complexity index is 3600. The largest absolute Gasteiger partial charge is 0.311 e. The van der Waals surface area contributed by atoms with Crippen molar-refractivity contribution in [2.75, 3.05) is 4.90 Å². The predicted octanol–water partition coefficient (Wildman–Crippen LogP) is 17.0. The lowest BCUT2D eigenvalue weighted by molar-refractivity contribution is 1.17. The lowest BCUT2D eigenvalue weighted by atomic mass is 9.84. The number of anilines is 3. The van der Waals surface area contributed by atoms with Crippen LogP contribution < -0.4 is 4.90 Å². The Morgan fingerprint density at radius 3 is 1.46 bits per heavy atom. The average Bonchev–Trinajstić information content (AvgIpc) is 3.68. The Hall–Kier alpha value is -8.20. The number of benzene rings is 11. The molecule has 0 saturated heterocycles. The SMILES string of the molecule is Cc1ccc2c(-c3cccc4ccccc34)c3ccccc3c(-c3ccc(-c4ccc(N(c5ccccc5)c5ccc(-n6c7ccccc7c7ccccc76)cc5)cc4)cc3)c2c1. The van der Waals surface area contributed by atoms with Crippen LogP contribution in [0.3, 0.4) is 0 Å². The van der Waals surface area contributed by atoms with E-state index in [9.17, 15) is 0 Å². The summed E-state index contributed by atoms with van der Waals surface area (Å²) in [5.74, 6) is 0. The van der Waals surface area contributed by atoms with Gasteiger partial charge in [-0.05, 0) is 133 Å². The van der Waals surface area contributed by atoms with Crippen LogP contribution in [0, 0.1) is 6.92 Å². The van der Waals surface area contributed by atoms with Crippen molar-refractivity contribution < 1.29 is 0 Å². The first kappa shape index (κ1) is 36.6. The van der Waals surface area contributed by atoms with Crippen LogP contribution in [-0.2, 0) is 0 Å². The van der Waals surface area contributed by atoms with Gasteiger partial charge in [0.2, 0.25) is 0 Å². The summed E-state index contributed by atoms with van der Waals surface area (Å²) in [6.45, 7) is 2.20. The lowest BCUT2D eigenvalue weighted by Crippen LogP contribution is -2.10. The fourth-order valence-electron chi connectivity index (χ4n) is 9.94. The molecule has 0 amide bonds. The quantitative estimate of drug-likeness (QED) is 0.146. The van der Waals surface area contributed by atoms with Crippen molar-refractivity contribution >= 4 is 71.2 Å². The number of aromatic nitrogens is 1. The van der Waals surface area contributed by atoms with E-state index in [4.69, 9.17) is 0 Å². The van der Waals surface area contributed by atoms with Crippen LogP contribution in [0.2, 0.25) is 0 Å². The van der Waals surface area contributed by atoms with Gasteiger partial charge in [-0.15, -0.1) is 0 Å². The summed E-state index contributed by atoms with van der Waals surface area (Å²) in [5.41, 5.74) is 15.5. The second-order valence-electron chi connectivity index (χ2n) is 16.6. The number of aryl methyl sites for hydroxylation is 1. The van der Waals surface area contributed by atoms with Gasteiger partial charge in [-0.25, -0.2) is 0 Å². The molecule has 11 aromatic carbocycles. The van der Waals surface area contributed by atoms with Crippen molar-refractivity contribution in [3.05, 3.63) is 242 Å². The van der Waals surface area contributed by atoms with E-state index in [0.29, 0.717) is 0 Å². The molecule has 63 heavy (non-hydrogen) atoms.